The zero-order valence-corrected chi connectivity index (χ0v) is 29.2. The molecule has 5 rings (SSSR count). The highest BCUT2D eigenvalue weighted by Crippen LogP contribution is 2.39. The Kier molecular flexibility index (Phi) is 12.0. The Hall–Kier alpha value is -2.28. The van der Waals surface area contributed by atoms with Crippen molar-refractivity contribution in [2.24, 2.45) is 0 Å². The maximum Gasteiger partial charge on any atom is 0.416 e. The second-order valence-electron chi connectivity index (χ2n) is 11.8. The molecule has 0 radical (unpaired) electrons. The minimum atomic E-state index is -2.75. The first-order valence-electron chi connectivity index (χ1n) is 14.3. The van der Waals surface area contributed by atoms with Crippen LogP contribution < -0.4 is 20.2 Å². The lowest BCUT2D eigenvalue weighted by atomic mass is 10.1. The molecule has 2 aromatic carbocycles. The van der Waals surface area contributed by atoms with Crippen LogP contribution in [0.15, 0.2) is 66.7 Å². The molecular formula is C31H43ClN4O4S2Si. The average molecular weight is 663 g/mol. The molecule has 3 aromatic rings. The van der Waals surface area contributed by atoms with Crippen molar-refractivity contribution < 1.29 is 18.7 Å². The number of carbonyl (C=O) groups excluding carboxylic acids is 1. The molecule has 2 aliphatic heterocycles. The number of benzene rings is 2. The molecule has 2 saturated heterocycles. The van der Waals surface area contributed by atoms with E-state index in [4.69, 9.17) is 30.5 Å². The van der Waals surface area contributed by atoms with Gasteiger partial charge in [0.15, 0.2) is 0 Å². The van der Waals surface area contributed by atoms with Crippen molar-refractivity contribution in [3.05, 3.63) is 71.9 Å². The number of halogens is 1. The summed E-state index contributed by atoms with van der Waals surface area (Å²) in [6, 6.07) is 22.5. The zero-order valence-electron chi connectivity index (χ0n) is 25.4. The molecule has 1 amide bonds. The summed E-state index contributed by atoms with van der Waals surface area (Å²) < 4.78 is 18.6. The fourth-order valence-corrected chi connectivity index (χ4v) is 10.8. The Morgan fingerprint density at radius 3 is 2.09 bits per heavy atom. The Morgan fingerprint density at radius 2 is 1.56 bits per heavy atom. The predicted molar refractivity (Wildman–Crippen MR) is 186 cm³/mol. The number of cyclic esters (lactones) is 1. The van der Waals surface area contributed by atoms with Gasteiger partial charge in [-0.25, -0.2) is 9.78 Å². The molecule has 12 heteroatoms. The van der Waals surface area contributed by atoms with Crippen LogP contribution in [0.25, 0.3) is 0 Å². The Balaban J connectivity index is 0.00000253. The van der Waals surface area contributed by atoms with Crippen molar-refractivity contribution in [1.82, 2.24) is 9.97 Å². The molecule has 0 bridgehead atoms. The number of ether oxygens (including phenoxy) is 2. The number of hydrogen-bond acceptors (Lipinski definition) is 7. The minimum absolute atomic E-state index is 0. The van der Waals surface area contributed by atoms with E-state index in [-0.39, 0.29) is 55.4 Å². The summed E-state index contributed by atoms with van der Waals surface area (Å²) in [5.41, 5.74) is 0. The lowest BCUT2D eigenvalue weighted by Gasteiger charge is -2.45. The van der Waals surface area contributed by atoms with Gasteiger partial charge in [0, 0.05) is 31.7 Å². The highest BCUT2D eigenvalue weighted by Gasteiger charge is 2.52. The number of rotatable bonds is 8. The van der Waals surface area contributed by atoms with E-state index >= 15 is 0 Å². The van der Waals surface area contributed by atoms with Gasteiger partial charge in [-0.3, -0.25) is 4.90 Å². The van der Waals surface area contributed by atoms with Gasteiger partial charge in [0.25, 0.3) is 8.32 Å². The molecule has 0 aliphatic carbocycles. The third-order valence-corrected chi connectivity index (χ3v) is 13.3. The molecule has 2 fully saturated rings. The van der Waals surface area contributed by atoms with Crippen LogP contribution in [-0.2, 0) is 13.9 Å². The van der Waals surface area contributed by atoms with E-state index in [0.29, 0.717) is 44.5 Å². The normalized spacial score (nSPS) is 19.7. The maximum absolute atomic E-state index is 13.2. The fraction of sp³-hybridized carbons (Fsp3) is 0.452. The summed E-state index contributed by atoms with van der Waals surface area (Å²) in [5.74, 6) is 0.926. The van der Waals surface area contributed by atoms with E-state index in [1.807, 2.05) is 24.0 Å². The van der Waals surface area contributed by atoms with E-state index in [1.54, 1.807) is 11.0 Å². The summed E-state index contributed by atoms with van der Waals surface area (Å²) in [6.07, 6.45) is -0.457. The van der Waals surface area contributed by atoms with Gasteiger partial charge in [0.2, 0.25) is 5.95 Å². The highest BCUT2D eigenvalue weighted by atomic mass is 35.5. The first-order valence-corrected chi connectivity index (χ1v) is 16.5. The van der Waals surface area contributed by atoms with Crippen LogP contribution in [0.3, 0.4) is 0 Å². The molecule has 43 heavy (non-hydrogen) atoms. The minimum Gasteiger partial charge on any atom is -0.443 e. The van der Waals surface area contributed by atoms with Gasteiger partial charge in [-0.05, 0) is 29.3 Å². The monoisotopic (exact) mass is 662 g/mol. The van der Waals surface area contributed by atoms with Gasteiger partial charge in [0.1, 0.15) is 17.1 Å². The number of anilines is 2. The molecule has 234 valence electrons. The molecule has 3 atom stereocenters. The van der Waals surface area contributed by atoms with E-state index in [0.717, 1.165) is 0 Å². The van der Waals surface area contributed by atoms with E-state index < -0.39 is 14.4 Å². The quantitative estimate of drug-likeness (QED) is 0.241. The first kappa shape index (κ1) is 35.2. The smallest absolute Gasteiger partial charge is 0.416 e. The van der Waals surface area contributed by atoms with Crippen molar-refractivity contribution in [3.63, 3.8) is 0 Å². The molecule has 0 N–H and O–H groups in total. The van der Waals surface area contributed by atoms with Crippen LogP contribution in [0.4, 0.5) is 16.6 Å². The van der Waals surface area contributed by atoms with E-state index in [2.05, 4.69) is 81.2 Å². The van der Waals surface area contributed by atoms with Crippen LogP contribution in [0.2, 0.25) is 10.2 Å². The third-order valence-electron chi connectivity index (χ3n) is 7.96. The molecule has 3 heterocycles. The second kappa shape index (κ2) is 14.7. The van der Waals surface area contributed by atoms with Crippen molar-refractivity contribution in [2.45, 2.75) is 64.3 Å². The van der Waals surface area contributed by atoms with Gasteiger partial charge in [0.05, 0.1) is 19.3 Å². The Labute approximate surface area is 275 Å². The van der Waals surface area contributed by atoms with Gasteiger partial charge >= 0.3 is 6.09 Å². The van der Waals surface area contributed by atoms with E-state index in [1.165, 1.54) is 10.4 Å². The molecular weight excluding hydrogens is 620 g/mol. The molecule has 2 aliphatic rings. The largest absolute Gasteiger partial charge is 0.443 e. The molecule has 1 aromatic heterocycles. The number of hydrogen-bond donors (Lipinski definition) is 0. The van der Waals surface area contributed by atoms with Crippen molar-refractivity contribution in [3.8, 4) is 0 Å². The molecule has 0 spiro atoms. The number of amides is 1. The lowest BCUT2D eigenvalue weighted by molar-refractivity contribution is 0.0890. The molecule has 8 nitrogen and oxygen atoms in total. The van der Waals surface area contributed by atoms with Crippen molar-refractivity contribution >= 4 is 75.1 Å². The van der Waals surface area contributed by atoms with Gasteiger partial charge in [-0.15, -0.1) is 0 Å². The summed E-state index contributed by atoms with van der Waals surface area (Å²) in [6.45, 7) is 13.4. The highest BCUT2D eigenvalue weighted by molar-refractivity contribution is 7.59. The van der Waals surface area contributed by atoms with Crippen LogP contribution in [0, 0.1) is 0 Å². The van der Waals surface area contributed by atoms with Crippen molar-refractivity contribution in [2.75, 3.05) is 36.1 Å². The van der Waals surface area contributed by atoms with E-state index in [9.17, 15) is 4.79 Å². The third kappa shape index (κ3) is 7.34. The second-order valence-corrected chi connectivity index (χ2v) is 16.4. The van der Waals surface area contributed by atoms with Crippen LogP contribution in [0.5, 0.6) is 0 Å². The average Bonchev–Trinajstić information content (AvgIpc) is 3.24. The van der Waals surface area contributed by atoms with Crippen LogP contribution >= 0.6 is 38.6 Å². The Morgan fingerprint density at radius 1 is 1.00 bits per heavy atom. The summed E-state index contributed by atoms with van der Waals surface area (Å²) in [7, 11) is -2.75. The summed E-state index contributed by atoms with van der Waals surface area (Å²) >= 11 is 6.39. The predicted octanol–water partition coefficient (Wildman–Crippen LogP) is 5.26. The van der Waals surface area contributed by atoms with Crippen molar-refractivity contribution in [1.29, 1.82) is 0 Å². The topological polar surface area (TPSA) is 77.0 Å². The van der Waals surface area contributed by atoms with Gasteiger partial charge < -0.3 is 18.8 Å². The number of morpholine rings is 1. The molecule has 1 unspecified atom stereocenters. The first-order chi connectivity index (χ1) is 19.6. The summed E-state index contributed by atoms with van der Waals surface area (Å²) in [4.78, 5) is 25.9. The SMILES string of the molecule is C[C@@H](CC1OC(=O)N(c2cc(Cl)nc(N3CCOCC3)n2)[C@H]1C)O[Si](c1ccccc1)(c1ccccc1)C(C)(C)C.S.S. The van der Waals surface area contributed by atoms with Gasteiger partial charge in [-0.2, -0.15) is 32.0 Å². The lowest BCUT2D eigenvalue weighted by Crippen LogP contribution is -2.67. The summed E-state index contributed by atoms with van der Waals surface area (Å²) in [5, 5.41) is 2.56. The molecule has 0 saturated carbocycles. The van der Waals surface area contributed by atoms with Gasteiger partial charge in [-0.1, -0.05) is 93.0 Å². The number of nitrogens with zero attached hydrogens (tertiary/aromatic N) is 4. The number of carbonyl (C=O) groups is 1. The van der Waals surface area contributed by atoms with Crippen LogP contribution in [0.1, 0.15) is 41.0 Å². The number of aromatic nitrogens is 2. The maximum atomic E-state index is 13.2. The Bertz CT molecular complexity index is 1310. The zero-order chi connectivity index (χ0) is 29.2. The van der Waals surface area contributed by atoms with Crippen LogP contribution in [-0.4, -0.2) is 68.9 Å². The standard InChI is InChI=1S/C31H39ClN4O4Si.2H2S/c1-22(40-41(31(3,4)5,24-12-8-6-9-13-24)25-14-10-7-11-15-25)20-26-23(2)36(30(37)39-26)28-21-27(32)33-29(34-28)35-16-18-38-19-17-35;;/h6-15,21-23,26H,16-20H2,1-5H3;2*1H2/t22-,23-,26?;;/m0../s1. The fourth-order valence-electron chi connectivity index (χ4n) is 5.96.